The van der Waals surface area contributed by atoms with Gasteiger partial charge in [0.25, 0.3) is 5.56 Å². The number of aromatic nitrogens is 2. The first-order chi connectivity index (χ1) is 13.1. The van der Waals surface area contributed by atoms with E-state index in [4.69, 9.17) is 4.98 Å². The minimum Gasteiger partial charge on any atom is -0.343 e. The number of nitrogens with zero attached hydrogens (tertiary/aromatic N) is 2. The third kappa shape index (κ3) is 4.24. The molecule has 5 nitrogen and oxygen atoms in total. The average Bonchev–Trinajstić information content (AvgIpc) is 3.04. The second-order valence-corrected chi connectivity index (χ2v) is 9.96. The summed E-state index contributed by atoms with van der Waals surface area (Å²) in [6.45, 7) is 4.06. The molecule has 0 atom stereocenters. The predicted octanol–water partition coefficient (Wildman–Crippen LogP) is 3.75. The molecule has 2 aromatic heterocycles. The van der Waals surface area contributed by atoms with E-state index < -0.39 is 0 Å². The zero-order chi connectivity index (χ0) is 18.8. The first kappa shape index (κ1) is 19.0. The molecule has 7 heteroatoms. The quantitative estimate of drug-likeness (QED) is 0.770. The van der Waals surface area contributed by atoms with E-state index in [2.05, 4.69) is 11.9 Å². The molecule has 2 aliphatic rings. The number of carbonyl (C=O) groups excluding carboxylic acids is 1. The maximum atomic E-state index is 12.5. The highest BCUT2D eigenvalue weighted by molar-refractivity contribution is 7.98. The van der Waals surface area contributed by atoms with Crippen LogP contribution >= 0.6 is 23.1 Å². The fourth-order valence-electron chi connectivity index (χ4n) is 4.02. The van der Waals surface area contributed by atoms with E-state index in [-0.39, 0.29) is 11.5 Å². The van der Waals surface area contributed by atoms with Crippen molar-refractivity contribution in [1.82, 2.24) is 14.9 Å². The van der Waals surface area contributed by atoms with Crippen molar-refractivity contribution in [1.29, 1.82) is 0 Å². The molecule has 1 aliphatic carbocycles. The maximum absolute atomic E-state index is 12.5. The van der Waals surface area contributed by atoms with Gasteiger partial charge >= 0.3 is 0 Å². The number of aromatic amines is 1. The van der Waals surface area contributed by atoms with Gasteiger partial charge in [-0.05, 0) is 50.0 Å². The van der Waals surface area contributed by atoms with Crippen LogP contribution < -0.4 is 5.56 Å². The molecule has 0 spiro atoms. The predicted molar refractivity (Wildman–Crippen MR) is 113 cm³/mol. The number of amides is 1. The Labute approximate surface area is 167 Å². The van der Waals surface area contributed by atoms with Crippen molar-refractivity contribution in [3.63, 3.8) is 0 Å². The van der Waals surface area contributed by atoms with Crippen LogP contribution in [0.5, 0.6) is 0 Å². The molecular weight excluding hydrogens is 378 g/mol. The van der Waals surface area contributed by atoms with Gasteiger partial charge in [0.1, 0.15) is 10.7 Å². The molecular formula is C20H27N3O2S2. The Morgan fingerprint density at radius 3 is 2.89 bits per heavy atom. The summed E-state index contributed by atoms with van der Waals surface area (Å²) >= 11 is 3.37. The third-order valence-corrected chi connectivity index (χ3v) is 7.87. The molecule has 3 heterocycles. The van der Waals surface area contributed by atoms with E-state index >= 15 is 0 Å². The Morgan fingerprint density at radius 1 is 1.30 bits per heavy atom. The molecule has 0 radical (unpaired) electrons. The molecule has 4 rings (SSSR count). The van der Waals surface area contributed by atoms with E-state index in [1.54, 1.807) is 23.1 Å². The lowest BCUT2D eigenvalue weighted by Crippen LogP contribution is -2.38. The van der Waals surface area contributed by atoms with Crippen LogP contribution in [-0.2, 0) is 23.4 Å². The number of fused-ring (bicyclic) bond motifs is 3. The first-order valence-corrected chi connectivity index (χ1v) is 12.0. The number of piperidine rings is 1. The highest BCUT2D eigenvalue weighted by Crippen LogP contribution is 2.33. The van der Waals surface area contributed by atoms with Crippen LogP contribution in [0.2, 0.25) is 0 Å². The van der Waals surface area contributed by atoms with Gasteiger partial charge in [-0.25, -0.2) is 4.98 Å². The molecule has 146 valence electrons. The van der Waals surface area contributed by atoms with Crippen LogP contribution in [0.4, 0.5) is 0 Å². The zero-order valence-electron chi connectivity index (χ0n) is 15.9. The van der Waals surface area contributed by atoms with Crippen LogP contribution in [0.25, 0.3) is 10.2 Å². The molecule has 2 aromatic rings. The van der Waals surface area contributed by atoms with E-state index in [9.17, 15) is 9.59 Å². The number of thioether (sulfide) groups is 1. The van der Waals surface area contributed by atoms with E-state index in [0.29, 0.717) is 12.2 Å². The second kappa shape index (κ2) is 8.35. The first-order valence-electron chi connectivity index (χ1n) is 10.0. The Balaban J connectivity index is 1.33. The summed E-state index contributed by atoms with van der Waals surface area (Å²) in [4.78, 5) is 36.8. The summed E-state index contributed by atoms with van der Waals surface area (Å²) in [6, 6.07) is 0. The van der Waals surface area contributed by atoms with Crippen molar-refractivity contribution < 1.29 is 4.79 Å². The van der Waals surface area contributed by atoms with Gasteiger partial charge in [-0.3, -0.25) is 9.59 Å². The van der Waals surface area contributed by atoms with Gasteiger partial charge in [0, 0.05) is 30.1 Å². The number of hydrogen-bond donors (Lipinski definition) is 1. The Bertz CT molecular complexity index is 881. The molecule has 1 N–H and O–H groups in total. The SMILES string of the molecule is CC1CCN(C(=O)CCSCc2nc3sc4c(c3c(=O)[nH]2)CCCC4)CC1. The van der Waals surface area contributed by atoms with Crippen molar-refractivity contribution in [3.05, 3.63) is 26.6 Å². The van der Waals surface area contributed by atoms with Gasteiger partial charge in [-0.15, -0.1) is 11.3 Å². The van der Waals surface area contributed by atoms with Gasteiger partial charge in [-0.2, -0.15) is 11.8 Å². The Hall–Kier alpha value is -1.34. The molecule has 1 saturated heterocycles. The van der Waals surface area contributed by atoms with Crippen molar-refractivity contribution >= 4 is 39.2 Å². The number of aryl methyl sites for hydroxylation is 2. The number of rotatable bonds is 5. The summed E-state index contributed by atoms with van der Waals surface area (Å²) in [5, 5.41) is 0.818. The number of carbonyl (C=O) groups is 1. The standard InChI is InChI=1S/C20H27N3O2S2/c1-13-6-9-23(10-7-13)17(24)8-11-26-12-16-21-19(25)18-14-4-2-3-5-15(14)27-20(18)22-16/h13H,2-12H2,1H3,(H,21,22,25). The molecule has 27 heavy (non-hydrogen) atoms. The van der Waals surface area contributed by atoms with Crippen molar-refractivity contribution in [2.75, 3.05) is 18.8 Å². The lowest BCUT2D eigenvalue weighted by molar-refractivity contribution is -0.132. The van der Waals surface area contributed by atoms with E-state index in [0.717, 1.165) is 66.5 Å². The lowest BCUT2D eigenvalue weighted by atomic mass is 9.97. The number of H-pyrrole nitrogens is 1. The van der Waals surface area contributed by atoms with Gasteiger partial charge in [0.05, 0.1) is 11.1 Å². The Morgan fingerprint density at radius 2 is 2.07 bits per heavy atom. The van der Waals surface area contributed by atoms with Crippen LogP contribution in [0.3, 0.4) is 0 Å². The molecule has 1 amide bonds. The van der Waals surface area contributed by atoms with E-state index in [1.165, 1.54) is 23.3 Å². The summed E-state index contributed by atoms with van der Waals surface area (Å²) in [5.41, 5.74) is 1.24. The summed E-state index contributed by atoms with van der Waals surface area (Å²) < 4.78 is 0. The maximum Gasteiger partial charge on any atom is 0.259 e. The van der Waals surface area contributed by atoms with E-state index in [1.807, 2.05) is 4.90 Å². The minimum atomic E-state index is 0.00788. The molecule has 1 aliphatic heterocycles. The third-order valence-electron chi connectivity index (χ3n) is 5.71. The Kier molecular flexibility index (Phi) is 5.88. The molecule has 0 bridgehead atoms. The normalized spacial score (nSPS) is 18.0. The average molecular weight is 406 g/mol. The van der Waals surface area contributed by atoms with Crippen LogP contribution in [0, 0.1) is 5.92 Å². The minimum absolute atomic E-state index is 0.00788. The van der Waals surface area contributed by atoms with Crippen LogP contribution in [0.15, 0.2) is 4.79 Å². The van der Waals surface area contributed by atoms with Gasteiger partial charge < -0.3 is 9.88 Å². The van der Waals surface area contributed by atoms with Crippen molar-refractivity contribution in [2.24, 2.45) is 5.92 Å². The largest absolute Gasteiger partial charge is 0.343 e. The number of nitrogens with one attached hydrogen (secondary N) is 1. The summed E-state index contributed by atoms with van der Waals surface area (Å²) in [6.07, 6.45) is 7.27. The summed E-state index contributed by atoms with van der Waals surface area (Å²) in [7, 11) is 0. The second-order valence-electron chi connectivity index (χ2n) is 7.77. The number of thiophene rings is 1. The molecule has 0 saturated carbocycles. The van der Waals surface area contributed by atoms with Gasteiger partial charge in [-0.1, -0.05) is 6.92 Å². The van der Waals surface area contributed by atoms with Crippen molar-refractivity contribution in [3.8, 4) is 0 Å². The highest BCUT2D eigenvalue weighted by Gasteiger charge is 2.21. The fraction of sp³-hybridized carbons (Fsp3) is 0.650. The number of hydrogen-bond acceptors (Lipinski definition) is 5. The highest BCUT2D eigenvalue weighted by atomic mass is 32.2. The summed E-state index contributed by atoms with van der Waals surface area (Å²) in [5.74, 6) is 3.16. The molecule has 1 fully saturated rings. The fourth-order valence-corrected chi connectivity index (χ4v) is 6.10. The van der Waals surface area contributed by atoms with Crippen LogP contribution in [-0.4, -0.2) is 39.6 Å². The van der Waals surface area contributed by atoms with Gasteiger partial charge in [0.15, 0.2) is 0 Å². The van der Waals surface area contributed by atoms with Crippen molar-refractivity contribution in [2.45, 2.75) is 57.6 Å². The monoisotopic (exact) mass is 405 g/mol. The number of likely N-dealkylation sites (tertiary alicyclic amines) is 1. The molecule has 0 unspecified atom stereocenters. The van der Waals surface area contributed by atoms with Crippen LogP contribution in [0.1, 0.15) is 55.3 Å². The topological polar surface area (TPSA) is 66.1 Å². The zero-order valence-corrected chi connectivity index (χ0v) is 17.5. The molecule has 0 aromatic carbocycles. The smallest absolute Gasteiger partial charge is 0.259 e. The van der Waals surface area contributed by atoms with Gasteiger partial charge in [0.2, 0.25) is 5.91 Å². The lowest BCUT2D eigenvalue weighted by Gasteiger charge is -2.30.